The maximum atomic E-state index is 2.26. The summed E-state index contributed by atoms with van der Waals surface area (Å²) >= 11 is 0. The summed E-state index contributed by atoms with van der Waals surface area (Å²) < 4.78 is 0. The molecule has 144 valence electrons. The Bertz CT molecular complexity index is 1190. The van der Waals surface area contributed by atoms with E-state index in [1.165, 1.54) is 48.8 Å². The quantitative estimate of drug-likeness (QED) is 0.129. The summed E-state index contributed by atoms with van der Waals surface area (Å²) in [5, 5.41) is 8.44. The summed E-state index contributed by atoms with van der Waals surface area (Å²) in [5.41, 5.74) is 4.13. The van der Waals surface area contributed by atoms with Gasteiger partial charge in [0, 0.05) is 25.8 Å². The van der Waals surface area contributed by atoms with Crippen LogP contribution in [0.2, 0.25) is 0 Å². The van der Waals surface area contributed by atoms with Crippen molar-refractivity contribution in [1.82, 2.24) is 0 Å². The maximum Gasteiger partial charge on any atom is 0 e. The van der Waals surface area contributed by atoms with Gasteiger partial charge in [-0.2, -0.15) is 18.2 Å². The van der Waals surface area contributed by atoms with Crippen molar-refractivity contribution in [2.45, 2.75) is 20.8 Å². The molecule has 0 aromatic heterocycles. The second kappa shape index (κ2) is 9.79. The molecule has 0 saturated heterocycles. The number of benzene rings is 3. The Balaban J connectivity index is 0.000000174. The SMILES string of the molecule is Cc1ccc(C)c2[cH-]ccc12.Cc1ccccc1P[c-]1ccc2ccccc21.[Hf]. The fourth-order valence-corrected chi connectivity index (χ4v) is 4.93. The largest absolute Gasteiger partial charge is 0.168 e. The van der Waals surface area contributed by atoms with Gasteiger partial charge in [0.1, 0.15) is 0 Å². The summed E-state index contributed by atoms with van der Waals surface area (Å²) in [5.74, 6) is 0. The first kappa shape index (κ1) is 21.9. The third-order valence-electron chi connectivity index (χ3n) is 5.34. The number of hydrogen-bond donors (Lipinski definition) is 0. The van der Waals surface area contributed by atoms with Gasteiger partial charge in [-0.05, 0) is 24.7 Å². The van der Waals surface area contributed by atoms with Gasteiger partial charge in [-0.3, -0.25) is 0 Å². The maximum absolute atomic E-state index is 2.26. The third kappa shape index (κ3) is 4.85. The van der Waals surface area contributed by atoms with Crippen LogP contribution in [0.4, 0.5) is 0 Å². The number of hydrogen-bond acceptors (Lipinski definition) is 0. The molecule has 2 heteroatoms. The first-order valence-corrected chi connectivity index (χ1v) is 10.7. The molecule has 0 fully saturated rings. The minimum Gasteiger partial charge on any atom is -0.168 e. The van der Waals surface area contributed by atoms with E-state index < -0.39 is 0 Å². The summed E-state index contributed by atoms with van der Waals surface area (Å²) in [6.45, 7) is 6.50. The minimum absolute atomic E-state index is 0. The van der Waals surface area contributed by atoms with Crippen molar-refractivity contribution in [2.24, 2.45) is 0 Å². The molecule has 5 aromatic rings. The van der Waals surface area contributed by atoms with Crippen LogP contribution in [0.15, 0.2) is 91.0 Å². The van der Waals surface area contributed by atoms with Gasteiger partial charge in [-0.25, -0.2) is 0 Å². The molecule has 5 aromatic carbocycles. The summed E-state index contributed by atoms with van der Waals surface area (Å²) in [4.78, 5) is 0. The smallest absolute Gasteiger partial charge is 0 e. The van der Waals surface area contributed by atoms with Crippen molar-refractivity contribution in [3.05, 3.63) is 108 Å². The molecular formula is C27H25HfP-2. The first-order chi connectivity index (χ1) is 13.6. The normalized spacial score (nSPS) is 10.9. The Kier molecular flexibility index (Phi) is 7.38. The Morgan fingerprint density at radius 2 is 1.45 bits per heavy atom. The Labute approximate surface area is 194 Å². The predicted octanol–water partition coefficient (Wildman–Crippen LogP) is 6.67. The van der Waals surface area contributed by atoms with Crippen LogP contribution in [-0.4, -0.2) is 0 Å². The number of aryl methyl sites for hydroxylation is 3. The minimum atomic E-state index is 0. The predicted molar refractivity (Wildman–Crippen MR) is 127 cm³/mol. The van der Waals surface area contributed by atoms with E-state index in [4.69, 9.17) is 0 Å². The van der Waals surface area contributed by atoms with Gasteiger partial charge in [0.15, 0.2) is 0 Å². The van der Waals surface area contributed by atoms with E-state index in [-0.39, 0.29) is 25.8 Å². The zero-order chi connectivity index (χ0) is 19.5. The molecule has 0 saturated carbocycles. The van der Waals surface area contributed by atoms with Gasteiger partial charge in [-0.15, -0.1) is 77.4 Å². The Hall–Kier alpha value is -1.82. The number of fused-ring (bicyclic) bond motifs is 2. The van der Waals surface area contributed by atoms with E-state index >= 15 is 0 Å². The summed E-state index contributed by atoms with van der Waals surface area (Å²) in [7, 11) is 0.754. The molecule has 0 aliphatic carbocycles. The average molecular weight is 559 g/mol. The van der Waals surface area contributed by atoms with Crippen molar-refractivity contribution >= 4 is 40.7 Å². The van der Waals surface area contributed by atoms with Crippen LogP contribution in [0.5, 0.6) is 0 Å². The number of rotatable bonds is 2. The van der Waals surface area contributed by atoms with Crippen molar-refractivity contribution in [1.29, 1.82) is 0 Å². The van der Waals surface area contributed by atoms with E-state index in [2.05, 4.69) is 112 Å². The van der Waals surface area contributed by atoms with Crippen LogP contribution in [-0.2, 0) is 25.8 Å². The molecule has 0 heterocycles. The van der Waals surface area contributed by atoms with Gasteiger partial charge in [0.2, 0.25) is 0 Å². The van der Waals surface area contributed by atoms with E-state index in [0.717, 1.165) is 8.58 Å². The van der Waals surface area contributed by atoms with E-state index in [9.17, 15) is 0 Å². The van der Waals surface area contributed by atoms with Crippen LogP contribution in [0.1, 0.15) is 16.7 Å². The van der Waals surface area contributed by atoms with E-state index in [1.807, 2.05) is 0 Å². The molecule has 1 unspecified atom stereocenters. The monoisotopic (exact) mass is 560 g/mol. The van der Waals surface area contributed by atoms with Gasteiger partial charge in [-0.1, -0.05) is 48.9 Å². The molecule has 5 rings (SSSR count). The molecule has 29 heavy (non-hydrogen) atoms. The molecule has 0 amide bonds. The van der Waals surface area contributed by atoms with Gasteiger partial charge < -0.3 is 0 Å². The Morgan fingerprint density at radius 1 is 0.724 bits per heavy atom. The van der Waals surface area contributed by atoms with Crippen molar-refractivity contribution in [3.63, 3.8) is 0 Å². The first-order valence-electron chi connectivity index (χ1n) is 9.72. The molecule has 0 bridgehead atoms. The summed E-state index contributed by atoms with van der Waals surface area (Å²) in [6.07, 6.45) is 0. The van der Waals surface area contributed by atoms with Crippen LogP contribution >= 0.6 is 8.58 Å². The molecule has 0 nitrogen and oxygen atoms in total. The fraction of sp³-hybridized carbons (Fsp3) is 0.111. The van der Waals surface area contributed by atoms with Crippen LogP contribution < -0.4 is 10.6 Å². The van der Waals surface area contributed by atoms with E-state index in [0.29, 0.717) is 0 Å². The average Bonchev–Trinajstić information content (AvgIpc) is 3.36. The van der Waals surface area contributed by atoms with Crippen molar-refractivity contribution < 1.29 is 25.8 Å². The fourth-order valence-electron chi connectivity index (χ4n) is 3.66. The van der Waals surface area contributed by atoms with Crippen molar-refractivity contribution in [3.8, 4) is 0 Å². The van der Waals surface area contributed by atoms with Crippen LogP contribution in [0, 0.1) is 20.8 Å². The summed E-state index contributed by atoms with van der Waals surface area (Å²) in [6, 6.07) is 32.6. The zero-order valence-electron chi connectivity index (χ0n) is 17.2. The van der Waals surface area contributed by atoms with Gasteiger partial charge >= 0.3 is 0 Å². The molecule has 0 N–H and O–H groups in total. The molecule has 0 aliphatic rings. The second-order valence-corrected chi connectivity index (χ2v) is 8.65. The molecule has 0 spiro atoms. The third-order valence-corrected chi connectivity index (χ3v) is 6.88. The molecule has 0 radical (unpaired) electrons. The second-order valence-electron chi connectivity index (χ2n) is 7.33. The zero-order valence-corrected chi connectivity index (χ0v) is 21.8. The Morgan fingerprint density at radius 3 is 2.24 bits per heavy atom. The topological polar surface area (TPSA) is 0 Å². The molecular weight excluding hydrogens is 534 g/mol. The van der Waals surface area contributed by atoms with Gasteiger partial charge in [0.05, 0.1) is 0 Å². The molecule has 0 aliphatic heterocycles. The van der Waals surface area contributed by atoms with E-state index in [1.54, 1.807) is 0 Å². The van der Waals surface area contributed by atoms with Crippen molar-refractivity contribution in [2.75, 3.05) is 0 Å². The van der Waals surface area contributed by atoms with Crippen LogP contribution in [0.3, 0.4) is 0 Å². The van der Waals surface area contributed by atoms with Gasteiger partial charge in [0.25, 0.3) is 0 Å². The standard InChI is InChI=1S/C16H14P.C11H11.Hf/c1-12-6-2-5-9-15(12)17-16-11-10-13-7-3-4-8-14(13)16;1-8-6-7-9(2)11-5-3-4-10(8)11;/h2-11,17H,1H3;3-7H,1-2H3;/q2*-1;. The van der Waals surface area contributed by atoms with Crippen LogP contribution in [0.25, 0.3) is 21.5 Å². The molecule has 1 atom stereocenters.